The van der Waals surface area contributed by atoms with Crippen LogP contribution in [0.15, 0.2) is 47.7 Å². The topological polar surface area (TPSA) is 105 Å². The smallest absolute Gasteiger partial charge is 0.271 e. The number of halogens is 1. The van der Waals surface area contributed by atoms with E-state index >= 15 is 0 Å². The van der Waals surface area contributed by atoms with Crippen molar-refractivity contribution in [2.45, 2.75) is 12.5 Å². The van der Waals surface area contributed by atoms with Gasteiger partial charge in [-0.25, -0.2) is 14.4 Å². The van der Waals surface area contributed by atoms with E-state index in [2.05, 4.69) is 20.3 Å². The number of morpholine rings is 1. The predicted octanol–water partition coefficient (Wildman–Crippen LogP) is 1.19. The Morgan fingerprint density at radius 3 is 2.71 bits per heavy atom. The van der Waals surface area contributed by atoms with Crippen LogP contribution in [-0.2, 0) is 18.2 Å². The van der Waals surface area contributed by atoms with Gasteiger partial charge in [0.2, 0.25) is 5.95 Å². The molecule has 3 aromatic rings. The van der Waals surface area contributed by atoms with Gasteiger partial charge in [-0.2, -0.15) is 0 Å². The summed E-state index contributed by atoms with van der Waals surface area (Å²) in [6.07, 6.45) is 3.40. The van der Waals surface area contributed by atoms with Crippen LogP contribution in [0.3, 0.4) is 0 Å². The lowest BCUT2D eigenvalue weighted by atomic mass is 10.0. The van der Waals surface area contributed by atoms with Crippen molar-refractivity contribution in [3.8, 4) is 0 Å². The van der Waals surface area contributed by atoms with E-state index in [0.29, 0.717) is 43.5 Å². The highest BCUT2D eigenvalue weighted by atomic mass is 19.1. The van der Waals surface area contributed by atoms with Crippen LogP contribution in [0.1, 0.15) is 27.8 Å². The van der Waals surface area contributed by atoms with E-state index in [4.69, 9.17) is 4.74 Å². The number of hydrogen-bond donors (Lipinski definition) is 2. The van der Waals surface area contributed by atoms with Gasteiger partial charge in [-0.1, -0.05) is 12.1 Å². The number of nitrogens with zero attached hydrogens (tertiary/aromatic N) is 4. The summed E-state index contributed by atoms with van der Waals surface area (Å²) in [5.41, 5.74) is 1.20. The minimum atomic E-state index is -0.526. The molecule has 1 aliphatic heterocycles. The van der Waals surface area contributed by atoms with E-state index in [0.717, 1.165) is 0 Å². The molecular formula is C21H23FN6O3. The summed E-state index contributed by atoms with van der Waals surface area (Å²) in [7, 11) is 1.77. The van der Waals surface area contributed by atoms with E-state index < -0.39 is 6.04 Å². The number of carbonyl (C=O) groups is 1. The molecule has 0 unspecified atom stereocenters. The molecule has 0 bridgehead atoms. The number of nitrogens with one attached hydrogen (secondary N) is 2. The molecule has 0 spiro atoms. The third-order valence-electron chi connectivity index (χ3n) is 5.02. The summed E-state index contributed by atoms with van der Waals surface area (Å²) in [6.45, 7) is 2.38. The third-order valence-corrected chi connectivity index (χ3v) is 5.02. The number of amides is 1. The molecule has 2 aromatic heterocycles. The van der Waals surface area contributed by atoms with Gasteiger partial charge in [0, 0.05) is 38.8 Å². The minimum absolute atomic E-state index is 0.255. The van der Waals surface area contributed by atoms with E-state index in [1.807, 2.05) is 4.90 Å². The monoisotopic (exact) mass is 426 g/mol. The van der Waals surface area contributed by atoms with Crippen molar-refractivity contribution in [1.82, 2.24) is 24.8 Å². The maximum Gasteiger partial charge on any atom is 0.271 e. The molecule has 1 amide bonds. The van der Waals surface area contributed by atoms with Crippen molar-refractivity contribution in [3.63, 3.8) is 0 Å². The molecule has 31 heavy (non-hydrogen) atoms. The second-order valence-electron chi connectivity index (χ2n) is 7.37. The predicted molar refractivity (Wildman–Crippen MR) is 111 cm³/mol. The molecule has 1 atom stereocenters. The van der Waals surface area contributed by atoms with Gasteiger partial charge in [-0.05, 0) is 17.7 Å². The van der Waals surface area contributed by atoms with Crippen molar-refractivity contribution >= 4 is 11.9 Å². The van der Waals surface area contributed by atoms with Gasteiger partial charge in [0.1, 0.15) is 11.5 Å². The van der Waals surface area contributed by atoms with Crippen LogP contribution in [0.25, 0.3) is 0 Å². The average molecular weight is 426 g/mol. The number of H-pyrrole nitrogens is 1. The molecule has 1 fully saturated rings. The summed E-state index contributed by atoms with van der Waals surface area (Å²) in [4.78, 5) is 38.4. The highest BCUT2D eigenvalue weighted by Gasteiger charge is 2.20. The van der Waals surface area contributed by atoms with Crippen LogP contribution in [0.4, 0.5) is 10.3 Å². The molecular weight excluding hydrogens is 403 g/mol. The van der Waals surface area contributed by atoms with Gasteiger partial charge in [0.25, 0.3) is 11.5 Å². The molecule has 0 saturated carbocycles. The van der Waals surface area contributed by atoms with Crippen LogP contribution < -0.4 is 15.8 Å². The molecule has 3 heterocycles. The lowest BCUT2D eigenvalue weighted by molar-refractivity contribution is 0.0931. The van der Waals surface area contributed by atoms with Crippen molar-refractivity contribution in [3.05, 3.63) is 76.0 Å². The summed E-state index contributed by atoms with van der Waals surface area (Å²) < 4.78 is 20.5. The molecule has 10 heteroatoms. The quantitative estimate of drug-likeness (QED) is 0.614. The number of ether oxygens (including phenoxy) is 1. The minimum Gasteiger partial charge on any atom is -0.378 e. The normalized spacial score (nSPS) is 15.0. The number of aromatic nitrogens is 4. The number of imidazole rings is 1. The first-order valence-electron chi connectivity index (χ1n) is 9.95. The van der Waals surface area contributed by atoms with Crippen LogP contribution in [0.5, 0.6) is 0 Å². The number of carbonyl (C=O) groups excluding carboxylic acids is 1. The SMILES string of the molecule is Cn1cnc(C(=O)N[C@@H](Cc2cc(=O)[nH]c(N3CCOCC3)n2)c2ccc(F)cc2)c1. The van der Waals surface area contributed by atoms with E-state index in [-0.39, 0.29) is 29.4 Å². The Bertz CT molecular complexity index is 1100. The molecule has 1 saturated heterocycles. The van der Waals surface area contributed by atoms with Gasteiger partial charge in [0.15, 0.2) is 0 Å². The summed E-state index contributed by atoms with van der Waals surface area (Å²) >= 11 is 0. The van der Waals surface area contributed by atoms with Crippen molar-refractivity contribution < 1.29 is 13.9 Å². The first kappa shape index (κ1) is 20.7. The van der Waals surface area contributed by atoms with Crippen molar-refractivity contribution in [2.75, 3.05) is 31.2 Å². The second-order valence-corrected chi connectivity index (χ2v) is 7.37. The Labute approximate surface area is 177 Å². The van der Waals surface area contributed by atoms with Crippen molar-refractivity contribution in [2.24, 2.45) is 7.05 Å². The van der Waals surface area contributed by atoms with Gasteiger partial charge in [-0.3, -0.25) is 14.6 Å². The Hall–Kier alpha value is -3.53. The summed E-state index contributed by atoms with van der Waals surface area (Å²) in [6, 6.07) is 6.76. The van der Waals surface area contributed by atoms with Gasteiger partial charge in [0.05, 0.1) is 31.3 Å². The van der Waals surface area contributed by atoms with Crippen molar-refractivity contribution in [1.29, 1.82) is 0 Å². The Kier molecular flexibility index (Phi) is 6.08. The van der Waals surface area contributed by atoms with Crippen LogP contribution in [-0.4, -0.2) is 51.7 Å². The van der Waals surface area contributed by atoms with E-state index in [1.54, 1.807) is 29.9 Å². The molecule has 0 aliphatic carbocycles. The first-order valence-corrected chi connectivity index (χ1v) is 9.95. The zero-order chi connectivity index (χ0) is 21.8. The molecule has 4 rings (SSSR count). The Morgan fingerprint density at radius 2 is 2.03 bits per heavy atom. The highest BCUT2D eigenvalue weighted by Crippen LogP contribution is 2.20. The zero-order valence-electron chi connectivity index (χ0n) is 17.0. The number of hydrogen-bond acceptors (Lipinski definition) is 6. The first-order chi connectivity index (χ1) is 15.0. The number of rotatable bonds is 6. The van der Waals surface area contributed by atoms with E-state index in [1.165, 1.54) is 24.5 Å². The number of aryl methyl sites for hydroxylation is 1. The highest BCUT2D eigenvalue weighted by molar-refractivity contribution is 5.92. The fraction of sp³-hybridized carbons (Fsp3) is 0.333. The zero-order valence-corrected chi connectivity index (χ0v) is 17.0. The molecule has 9 nitrogen and oxygen atoms in total. The largest absolute Gasteiger partial charge is 0.378 e. The maximum absolute atomic E-state index is 13.4. The number of anilines is 1. The maximum atomic E-state index is 13.4. The van der Waals surface area contributed by atoms with Gasteiger partial charge < -0.3 is 19.5 Å². The van der Waals surface area contributed by atoms with Crippen LogP contribution >= 0.6 is 0 Å². The van der Waals surface area contributed by atoms with Crippen LogP contribution in [0, 0.1) is 5.82 Å². The molecule has 1 aromatic carbocycles. The van der Waals surface area contributed by atoms with Gasteiger partial charge >= 0.3 is 0 Å². The van der Waals surface area contributed by atoms with E-state index in [9.17, 15) is 14.0 Å². The lowest BCUT2D eigenvalue weighted by Gasteiger charge is -2.27. The summed E-state index contributed by atoms with van der Waals surface area (Å²) in [5.74, 6) is -0.268. The number of benzene rings is 1. The summed E-state index contributed by atoms with van der Waals surface area (Å²) in [5, 5.41) is 2.93. The lowest BCUT2D eigenvalue weighted by Crippen LogP contribution is -2.38. The molecule has 0 radical (unpaired) electrons. The molecule has 2 N–H and O–H groups in total. The second kappa shape index (κ2) is 9.09. The van der Waals surface area contributed by atoms with Crippen LogP contribution in [0.2, 0.25) is 0 Å². The number of aromatic amines is 1. The fourth-order valence-corrected chi connectivity index (χ4v) is 3.44. The average Bonchev–Trinajstić information content (AvgIpc) is 3.20. The molecule has 162 valence electrons. The Balaban J connectivity index is 1.61. The third kappa shape index (κ3) is 5.15. The van der Waals surface area contributed by atoms with Gasteiger partial charge in [-0.15, -0.1) is 0 Å². The fourth-order valence-electron chi connectivity index (χ4n) is 3.44. The standard InChI is InChI=1S/C21H23FN6O3/c1-27-12-18(23-13-27)20(30)25-17(14-2-4-15(22)5-3-14)10-16-11-19(29)26-21(24-16)28-6-8-31-9-7-28/h2-5,11-13,17H,6-10H2,1H3,(H,25,30)(H,24,26,29)/t17-/m0/s1. The molecule has 1 aliphatic rings. The Morgan fingerprint density at radius 1 is 1.29 bits per heavy atom.